The zero-order valence-electron chi connectivity index (χ0n) is 13.2. The number of anilines is 1. The highest BCUT2D eigenvalue weighted by molar-refractivity contribution is 7.99. The van der Waals surface area contributed by atoms with Crippen LogP contribution >= 0.6 is 11.8 Å². The second kappa shape index (κ2) is 6.73. The Morgan fingerprint density at radius 2 is 1.52 bits per heavy atom. The van der Waals surface area contributed by atoms with E-state index in [1.165, 1.54) is 24.3 Å². The summed E-state index contributed by atoms with van der Waals surface area (Å²) in [6.07, 6.45) is 2.10. The van der Waals surface area contributed by atoms with Gasteiger partial charge in [-0.05, 0) is 47.5 Å². The van der Waals surface area contributed by atoms with E-state index < -0.39 is 0 Å². The molecule has 4 heteroatoms. The molecule has 0 fully saturated rings. The first-order valence-electron chi connectivity index (χ1n) is 7.95. The van der Waals surface area contributed by atoms with Crippen molar-refractivity contribution in [2.75, 3.05) is 5.32 Å². The van der Waals surface area contributed by atoms with E-state index in [4.69, 9.17) is 0 Å². The molecule has 25 heavy (non-hydrogen) atoms. The van der Waals surface area contributed by atoms with Gasteiger partial charge < -0.3 is 5.32 Å². The lowest BCUT2D eigenvalue weighted by Crippen LogP contribution is -1.99. The molecule has 3 aromatic rings. The van der Waals surface area contributed by atoms with Crippen molar-refractivity contribution in [3.05, 3.63) is 102 Å². The van der Waals surface area contributed by atoms with E-state index in [1.54, 1.807) is 30.0 Å². The molecule has 4 rings (SSSR count). The Balaban J connectivity index is 1.82. The van der Waals surface area contributed by atoms with E-state index in [1.807, 2.05) is 30.3 Å². The molecule has 0 radical (unpaired) electrons. The average molecular weight is 351 g/mol. The van der Waals surface area contributed by atoms with Crippen LogP contribution in [0.2, 0.25) is 0 Å². The fourth-order valence-corrected chi connectivity index (χ4v) is 4.01. The van der Waals surface area contributed by atoms with Crippen molar-refractivity contribution < 1.29 is 8.78 Å². The minimum absolute atomic E-state index is 0.0497. The van der Waals surface area contributed by atoms with Gasteiger partial charge in [-0.15, -0.1) is 11.8 Å². The van der Waals surface area contributed by atoms with Crippen molar-refractivity contribution in [3.8, 4) is 0 Å². The largest absolute Gasteiger partial charge is 0.354 e. The SMILES string of the molecule is Fc1ccc(C2C=C(c3ccccc3)Nc3ccc(F)cc3S2)cc1. The second-order valence-corrected chi connectivity index (χ2v) is 6.99. The predicted octanol–water partition coefficient (Wildman–Crippen LogP) is 6.26. The van der Waals surface area contributed by atoms with Crippen molar-refractivity contribution in [2.24, 2.45) is 0 Å². The molecule has 1 aliphatic rings. The lowest BCUT2D eigenvalue weighted by Gasteiger charge is -2.12. The third-order valence-corrected chi connectivity index (χ3v) is 5.32. The molecule has 0 amide bonds. The van der Waals surface area contributed by atoms with Crippen LogP contribution in [0.25, 0.3) is 5.70 Å². The molecule has 0 spiro atoms. The highest BCUT2D eigenvalue weighted by Gasteiger charge is 2.20. The van der Waals surface area contributed by atoms with Gasteiger partial charge in [-0.25, -0.2) is 8.78 Å². The van der Waals surface area contributed by atoms with E-state index in [0.29, 0.717) is 0 Å². The Morgan fingerprint density at radius 3 is 2.28 bits per heavy atom. The first kappa shape index (κ1) is 15.9. The molecule has 1 N–H and O–H groups in total. The minimum Gasteiger partial charge on any atom is -0.354 e. The number of hydrogen-bond acceptors (Lipinski definition) is 2. The summed E-state index contributed by atoms with van der Waals surface area (Å²) in [5.74, 6) is -0.534. The summed E-state index contributed by atoms with van der Waals surface area (Å²) in [5, 5.41) is 3.36. The summed E-state index contributed by atoms with van der Waals surface area (Å²) in [7, 11) is 0. The maximum absolute atomic E-state index is 13.7. The van der Waals surface area contributed by atoms with Gasteiger partial charge in [0.15, 0.2) is 0 Å². The molecule has 1 heterocycles. The molecule has 1 unspecified atom stereocenters. The zero-order valence-corrected chi connectivity index (χ0v) is 14.1. The van der Waals surface area contributed by atoms with Gasteiger partial charge in [0.1, 0.15) is 11.6 Å². The summed E-state index contributed by atoms with van der Waals surface area (Å²) in [5.41, 5.74) is 3.84. The van der Waals surface area contributed by atoms with Crippen LogP contribution < -0.4 is 5.32 Å². The van der Waals surface area contributed by atoms with Crippen LogP contribution in [-0.4, -0.2) is 0 Å². The maximum atomic E-state index is 13.7. The van der Waals surface area contributed by atoms with Gasteiger partial charge in [-0.2, -0.15) is 0 Å². The molecule has 3 aromatic carbocycles. The molecule has 124 valence electrons. The smallest absolute Gasteiger partial charge is 0.124 e. The van der Waals surface area contributed by atoms with E-state index >= 15 is 0 Å². The monoisotopic (exact) mass is 351 g/mol. The highest BCUT2D eigenvalue weighted by Crippen LogP contribution is 2.44. The van der Waals surface area contributed by atoms with Gasteiger partial charge >= 0.3 is 0 Å². The Kier molecular flexibility index (Phi) is 4.28. The molecular formula is C21H15F2NS. The zero-order chi connectivity index (χ0) is 17.2. The van der Waals surface area contributed by atoms with Crippen LogP contribution in [0, 0.1) is 11.6 Å². The number of hydrogen-bond donors (Lipinski definition) is 1. The highest BCUT2D eigenvalue weighted by atomic mass is 32.2. The third-order valence-electron chi connectivity index (χ3n) is 4.07. The van der Waals surface area contributed by atoms with E-state index in [-0.39, 0.29) is 16.9 Å². The molecule has 0 saturated carbocycles. The summed E-state index contributed by atoms with van der Waals surface area (Å²) in [6, 6.07) is 21.2. The van der Waals surface area contributed by atoms with E-state index in [2.05, 4.69) is 11.4 Å². The normalized spacial score (nSPS) is 16.4. The lowest BCUT2D eigenvalue weighted by molar-refractivity contribution is 0.624. The quantitative estimate of drug-likeness (QED) is 0.584. The minimum atomic E-state index is -0.269. The van der Waals surface area contributed by atoms with Gasteiger partial charge in [-0.1, -0.05) is 42.5 Å². The van der Waals surface area contributed by atoms with Crippen LogP contribution in [0.3, 0.4) is 0 Å². The molecule has 1 nitrogen and oxygen atoms in total. The van der Waals surface area contributed by atoms with Crippen molar-refractivity contribution in [1.29, 1.82) is 0 Å². The Bertz CT molecular complexity index is 920. The van der Waals surface area contributed by atoms with E-state index in [0.717, 1.165) is 27.4 Å². The van der Waals surface area contributed by atoms with Crippen molar-refractivity contribution in [2.45, 2.75) is 10.1 Å². The van der Waals surface area contributed by atoms with Crippen molar-refractivity contribution in [1.82, 2.24) is 0 Å². The van der Waals surface area contributed by atoms with Crippen molar-refractivity contribution >= 4 is 23.1 Å². The number of fused-ring (bicyclic) bond motifs is 1. The van der Waals surface area contributed by atoms with E-state index in [9.17, 15) is 8.78 Å². The van der Waals surface area contributed by atoms with Gasteiger partial charge in [-0.3, -0.25) is 0 Å². The first-order chi connectivity index (χ1) is 12.2. The number of halogens is 2. The number of thioether (sulfide) groups is 1. The molecule has 0 saturated heterocycles. The molecular weight excluding hydrogens is 336 g/mol. The fourth-order valence-electron chi connectivity index (χ4n) is 2.81. The van der Waals surface area contributed by atoms with Crippen LogP contribution in [0.5, 0.6) is 0 Å². The average Bonchev–Trinajstić information content (AvgIpc) is 2.82. The van der Waals surface area contributed by atoms with Crippen molar-refractivity contribution in [3.63, 3.8) is 0 Å². The standard InChI is InChI=1S/C21H15F2NS/c22-16-8-6-15(7-9-16)20-13-19(14-4-2-1-3-5-14)24-18-11-10-17(23)12-21(18)25-20/h1-13,20,24H. The molecule has 1 atom stereocenters. The summed E-state index contributed by atoms with van der Waals surface area (Å²) in [4.78, 5) is 0.830. The predicted molar refractivity (Wildman–Crippen MR) is 99.4 cm³/mol. The van der Waals surface area contributed by atoms with Crippen LogP contribution in [-0.2, 0) is 0 Å². The second-order valence-electron chi connectivity index (χ2n) is 5.80. The molecule has 0 aliphatic carbocycles. The molecule has 0 bridgehead atoms. The fraction of sp³-hybridized carbons (Fsp3) is 0.0476. The Labute approximate surface area is 149 Å². The Hall–Kier alpha value is -2.59. The summed E-state index contributed by atoms with van der Waals surface area (Å²) >= 11 is 1.55. The number of nitrogens with one attached hydrogen (secondary N) is 1. The number of rotatable bonds is 2. The number of benzene rings is 3. The molecule has 0 aromatic heterocycles. The van der Waals surface area contributed by atoms with Crippen LogP contribution in [0.4, 0.5) is 14.5 Å². The lowest BCUT2D eigenvalue weighted by atomic mass is 10.1. The van der Waals surface area contributed by atoms with Gasteiger partial charge in [0.25, 0.3) is 0 Å². The maximum Gasteiger partial charge on any atom is 0.124 e. The Morgan fingerprint density at radius 1 is 0.800 bits per heavy atom. The van der Waals surface area contributed by atoms with Crippen LogP contribution in [0.1, 0.15) is 16.4 Å². The molecule has 1 aliphatic heterocycles. The summed E-state index contributed by atoms with van der Waals surface area (Å²) in [6.45, 7) is 0. The topological polar surface area (TPSA) is 12.0 Å². The van der Waals surface area contributed by atoms with Gasteiger partial charge in [0, 0.05) is 10.6 Å². The van der Waals surface area contributed by atoms with Gasteiger partial charge in [0.2, 0.25) is 0 Å². The first-order valence-corrected chi connectivity index (χ1v) is 8.83. The van der Waals surface area contributed by atoms with Gasteiger partial charge in [0.05, 0.1) is 10.9 Å². The third kappa shape index (κ3) is 3.44. The van der Waals surface area contributed by atoms with Crippen LogP contribution in [0.15, 0.2) is 83.8 Å². The summed E-state index contributed by atoms with van der Waals surface area (Å²) < 4.78 is 27.0.